The average molecular weight is 666 g/mol. The smallest absolute Gasteiger partial charge is 0.187 e. The molecule has 0 spiro atoms. The van der Waals surface area contributed by atoms with Gasteiger partial charge in [0, 0.05) is 0 Å². The summed E-state index contributed by atoms with van der Waals surface area (Å²) in [4.78, 5) is 0. The lowest BCUT2D eigenvalue weighted by Gasteiger charge is -2.48. The molecule has 4 fully saturated rings. The second-order valence-electron chi connectivity index (χ2n) is 11.2. The minimum Gasteiger partial charge on any atom is -0.394 e. The van der Waals surface area contributed by atoms with Crippen LogP contribution in [0.15, 0.2) is 0 Å². The van der Waals surface area contributed by atoms with Crippen LogP contribution in [0.25, 0.3) is 0 Å². The second kappa shape index (κ2) is 15.6. The van der Waals surface area contributed by atoms with Crippen LogP contribution in [0.5, 0.6) is 0 Å². The van der Waals surface area contributed by atoms with Gasteiger partial charge in [-0.15, -0.1) is 0 Å². The Bertz CT molecular complexity index is 922. The van der Waals surface area contributed by atoms with Crippen LogP contribution in [0.3, 0.4) is 0 Å². The van der Waals surface area contributed by atoms with Crippen molar-refractivity contribution in [2.75, 3.05) is 26.4 Å². The molecule has 45 heavy (non-hydrogen) atoms. The summed E-state index contributed by atoms with van der Waals surface area (Å²) in [6.07, 6.45) is -32.7. The third-order valence-corrected chi connectivity index (χ3v) is 8.26. The number of nitrogens with two attached hydrogens (primary N) is 1. The summed E-state index contributed by atoms with van der Waals surface area (Å²) < 4.78 is 38.0. The first-order valence-electron chi connectivity index (χ1n) is 14.2. The zero-order valence-corrected chi connectivity index (χ0v) is 23.6. The molecule has 0 radical (unpaired) electrons. The SMILES string of the molecule is N[C@H]1C(O)O[C@H](CO)[C@@H](O[C@H]2O[C@H](CO)[C@@H](O)[C@H](O[C@H]3O[C@H](CO)[C@@H](O)[C@H](O[C@@H]4O[C@@H]([C@H](O)CO)[C@H](O)[C@H]4O)[C@@H]3O)[C@@H]2O)[C@@H]1O. The molecular weight excluding hydrogens is 622 g/mol. The van der Waals surface area contributed by atoms with Gasteiger partial charge in [0.25, 0.3) is 0 Å². The van der Waals surface area contributed by atoms with Gasteiger partial charge in [-0.2, -0.15) is 0 Å². The summed E-state index contributed by atoms with van der Waals surface area (Å²) in [5.74, 6) is 0. The molecule has 0 amide bonds. The predicted molar refractivity (Wildman–Crippen MR) is 136 cm³/mol. The molecule has 0 aromatic rings. The normalized spacial score (nSPS) is 51.7. The van der Waals surface area contributed by atoms with Crippen LogP contribution < -0.4 is 5.73 Å². The van der Waals surface area contributed by atoms with E-state index >= 15 is 0 Å². The fourth-order valence-corrected chi connectivity index (χ4v) is 5.59. The number of aliphatic hydroxyl groups excluding tert-OH is 13. The minimum atomic E-state index is -2.02. The zero-order valence-electron chi connectivity index (χ0n) is 23.6. The molecule has 4 aliphatic heterocycles. The fourth-order valence-electron chi connectivity index (χ4n) is 5.59. The van der Waals surface area contributed by atoms with E-state index < -0.39 is 149 Å². The van der Waals surface area contributed by atoms with Gasteiger partial charge in [-0.25, -0.2) is 0 Å². The van der Waals surface area contributed by atoms with Crippen molar-refractivity contribution >= 4 is 0 Å². The van der Waals surface area contributed by atoms with Gasteiger partial charge in [0.05, 0.1) is 32.5 Å². The Morgan fingerprint density at radius 3 is 1.40 bits per heavy atom. The molecule has 0 aliphatic carbocycles. The molecule has 0 aromatic carbocycles. The highest BCUT2D eigenvalue weighted by atomic mass is 16.8. The van der Waals surface area contributed by atoms with E-state index in [-0.39, 0.29) is 0 Å². The van der Waals surface area contributed by atoms with E-state index in [2.05, 4.69) is 0 Å². The first-order valence-corrected chi connectivity index (χ1v) is 14.2. The topological polar surface area (TPSA) is 354 Å². The van der Waals surface area contributed by atoms with Crippen LogP contribution in [0.4, 0.5) is 0 Å². The Morgan fingerprint density at radius 1 is 0.511 bits per heavy atom. The lowest BCUT2D eigenvalue weighted by Crippen LogP contribution is -2.67. The van der Waals surface area contributed by atoms with Crippen molar-refractivity contribution in [3.05, 3.63) is 0 Å². The van der Waals surface area contributed by atoms with Crippen molar-refractivity contribution in [2.24, 2.45) is 5.73 Å². The summed E-state index contributed by atoms with van der Waals surface area (Å²) in [5.41, 5.74) is 5.71. The van der Waals surface area contributed by atoms with Crippen LogP contribution in [0.1, 0.15) is 0 Å². The molecule has 15 N–H and O–H groups in total. The average Bonchev–Trinajstić information content (AvgIpc) is 3.31. The maximum atomic E-state index is 11.1. The highest BCUT2D eigenvalue weighted by molar-refractivity contribution is 4.98. The van der Waals surface area contributed by atoms with E-state index in [4.69, 9.17) is 38.9 Å². The highest BCUT2D eigenvalue weighted by Gasteiger charge is 2.55. The molecule has 4 saturated heterocycles. The molecule has 4 rings (SSSR count). The van der Waals surface area contributed by atoms with Crippen molar-refractivity contribution in [3.8, 4) is 0 Å². The maximum Gasteiger partial charge on any atom is 0.187 e. The van der Waals surface area contributed by atoms with Gasteiger partial charge in [-0.05, 0) is 0 Å². The van der Waals surface area contributed by atoms with Gasteiger partial charge in [0.1, 0.15) is 91.6 Å². The summed E-state index contributed by atoms with van der Waals surface area (Å²) >= 11 is 0. The Morgan fingerprint density at radius 2 is 0.956 bits per heavy atom. The molecule has 4 aliphatic rings. The van der Waals surface area contributed by atoms with Gasteiger partial charge in [0.2, 0.25) is 0 Å². The van der Waals surface area contributed by atoms with Crippen molar-refractivity contribution < 1.29 is 99.5 Å². The second-order valence-corrected chi connectivity index (χ2v) is 11.2. The van der Waals surface area contributed by atoms with Crippen LogP contribution >= 0.6 is 0 Å². The molecule has 20 atom stereocenters. The van der Waals surface area contributed by atoms with Gasteiger partial charge >= 0.3 is 0 Å². The van der Waals surface area contributed by atoms with Gasteiger partial charge in [0.15, 0.2) is 25.2 Å². The number of rotatable bonds is 11. The molecule has 21 heteroatoms. The quantitative estimate of drug-likeness (QED) is 0.0973. The molecule has 0 saturated carbocycles. The first-order chi connectivity index (χ1) is 21.3. The van der Waals surface area contributed by atoms with Crippen molar-refractivity contribution in [1.29, 1.82) is 0 Å². The number of aliphatic hydroxyl groups is 13. The Kier molecular flexibility index (Phi) is 12.8. The predicted octanol–water partition coefficient (Wildman–Crippen LogP) is -9.78. The fraction of sp³-hybridized carbons (Fsp3) is 1.00. The number of hydrogen-bond donors (Lipinski definition) is 14. The van der Waals surface area contributed by atoms with E-state index in [1.165, 1.54) is 0 Å². The first kappa shape index (κ1) is 37.0. The Hall–Kier alpha value is -0.840. The monoisotopic (exact) mass is 665 g/mol. The van der Waals surface area contributed by atoms with Crippen molar-refractivity contribution in [1.82, 2.24) is 0 Å². The van der Waals surface area contributed by atoms with Gasteiger partial charge < -0.3 is 105 Å². The van der Waals surface area contributed by atoms with E-state index in [0.29, 0.717) is 0 Å². The molecule has 0 bridgehead atoms. The van der Waals surface area contributed by atoms with Crippen LogP contribution in [-0.4, -0.2) is 216 Å². The largest absolute Gasteiger partial charge is 0.394 e. The van der Waals surface area contributed by atoms with Crippen LogP contribution in [-0.2, 0) is 33.2 Å². The molecule has 264 valence electrons. The lowest BCUT2D eigenvalue weighted by molar-refractivity contribution is -0.380. The molecule has 21 nitrogen and oxygen atoms in total. The molecule has 0 aromatic heterocycles. The summed E-state index contributed by atoms with van der Waals surface area (Å²) in [6.45, 7) is -3.36. The summed E-state index contributed by atoms with van der Waals surface area (Å²) in [6, 6.07) is -1.40. The molecule has 1 unspecified atom stereocenters. The van der Waals surface area contributed by atoms with Crippen molar-refractivity contribution in [3.63, 3.8) is 0 Å². The maximum absolute atomic E-state index is 11.1. The molecular formula is C24H43NO20. The summed E-state index contributed by atoms with van der Waals surface area (Å²) in [5, 5.41) is 133. The van der Waals surface area contributed by atoms with Crippen LogP contribution in [0.2, 0.25) is 0 Å². The standard InChI is InChI=1S/C24H43NO20/c25-9-12(33)18(8(4-29)39-21(9)38)43-23-15(36)20(11(32)6(2-27)40-23)45-24-16(37)19(10(31)7(3-28)41-24)44-22-14(35)13(34)17(42-22)5(30)1-26/h5-24,26-38H,1-4,25H2/t5-,6-,7-,8-,9-,10-,11-,12-,13-,14-,15+,16+,17+,18-,19+,20+,21?,22+,23-,24-/m1/s1. The minimum absolute atomic E-state index is 0.773. The Labute approximate surface area is 255 Å². The Balaban J connectivity index is 1.52. The van der Waals surface area contributed by atoms with E-state index in [9.17, 15) is 66.4 Å². The van der Waals surface area contributed by atoms with E-state index in [0.717, 1.165) is 0 Å². The van der Waals surface area contributed by atoms with Crippen LogP contribution in [0, 0.1) is 0 Å². The third-order valence-electron chi connectivity index (χ3n) is 8.26. The van der Waals surface area contributed by atoms with Crippen molar-refractivity contribution in [2.45, 2.75) is 123 Å². The zero-order chi connectivity index (χ0) is 33.3. The molecule has 4 heterocycles. The number of hydrogen-bond acceptors (Lipinski definition) is 21. The van der Waals surface area contributed by atoms with Gasteiger partial charge in [-0.1, -0.05) is 0 Å². The lowest BCUT2D eigenvalue weighted by atomic mass is 9.95. The van der Waals surface area contributed by atoms with Gasteiger partial charge in [-0.3, -0.25) is 0 Å². The highest BCUT2D eigenvalue weighted by Crippen LogP contribution is 2.34. The summed E-state index contributed by atoms with van der Waals surface area (Å²) in [7, 11) is 0. The van der Waals surface area contributed by atoms with E-state index in [1.54, 1.807) is 0 Å². The third kappa shape index (κ3) is 7.44. The van der Waals surface area contributed by atoms with E-state index in [1.807, 2.05) is 0 Å². The number of ether oxygens (including phenoxy) is 7.